The number of methoxy groups -OCH3 is 1. The van der Waals surface area contributed by atoms with Gasteiger partial charge in [-0.2, -0.15) is 0 Å². The van der Waals surface area contributed by atoms with Gasteiger partial charge in [0.1, 0.15) is 5.75 Å². The average molecular weight is 299 g/mol. The van der Waals surface area contributed by atoms with Crippen LogP contribution in [0.2, 0.25) is 0 Å². The predicted octanol–water partition coefficient (Wildman–Crippen LogP) is 2.85. The molecule has 0 saturated carbocycles. The summed E-state index contributed by atoms with van der Waals surface area (Å²) in [5.74, 6) is 0.507. The maximum Gasteiger partial charge on any atom is 0.251 e. The van der Waals surface area contributed by atoms with Gasteiger partial charge in [-0.1, -0.05) is 30.3 Å². The second-order valence-electron chi connectivity index (χ2n) is 5.67. The summed E-state index contributed by atoms with van der Waals surface area (Å²) in [5, 5.41) is 12.8. The highest BCUT2D eigenvalue weighted by Crippen LogP contribution is 2.19. The lowest BCUT2D eigenvalue weighted by atomic mass is 9.97. The number of amides is 1. The highest BCUT2D eigenvalue weighted by atomic mass is 16.5. The molecule has 0 radical (unpaired) electrons. The lowest BCUT2D eigenvalue weighted by molar-refractivity contribution is 0.0785. The molecule has 0 aliphatic carbocycles. The Labute approximate surface area is 130 Å². The van der Waals surface area contributed by atoms with Gasteiger partial charge in [-0.3, -0.25) is 4.79 Å². The fourth-order valence-electron chi connectivity index (χ4n) is 2.08. The standard InChI is InChI=1S/C18H21NO3/c1-18(2,21)15-9-7-13(8-10-15)12-19-17(20)14-5-4-6-16(11-14)22-3/h4-11,21H,12H2,1-3H3,(H,19,20). The summed E-state index contributed by atoms with van der Waals surface area (Å²) in [4.78, 5) is 12.1. The number of ether oxygens (including phenoxy) is 1. The van der Waals surface area contributed by atoms with Gasteiger partial charge in [-0.05, 0) is 43.2 Å². The van der Waals surface area contributed by atoms with Crippen LogP contribution in [0.25, 0.3) is 0 Å². The maximum atomic E-state index is 12.1. The third-order valence-electron chi connectivity index (χ3n) is 3.45. The van der Waals surface area contributed by atoms with Crippen LogP contribution in [-0.4, -0.2) is 18.1 Å². The largest absolute Gasteiger partial charge is 0.497 e. The van der Waals surface area contributed by atoms with Crippen LogP contribution in [0, 0.1) is 0 Å². The molecule has 0 unspecified atom stereocenters. The molecule has 0 bridgehead atoms. The number of rotatable bonds is 5. The van der Waals surface area contributed by atoms with Crippen LogP contribution in [0.4, 0.5) is 0 Å². The van der Waals surface area contributed by atoms with E-state index in [-0.39, 0.29) is 5.91 Å². The lowest BCUT2D eigenvalue weighted by Crippen LogP contribution is -2.23. The molecule has 116 valence electrons. The molecule has 2 aromatic rings. The molecule has 0 spiro atoms. The Kier molecular flexibility index (Phi) is 4.83. The Hall–Kier alpha value is -2.33. The van der Waals surface area contributed by atoms with E-state index in [1.165, 1.54) is 0 Å². The molecule has 0 aliphatic rings. The molecule has 2 N–H and O–H groups in total. The van der Waals surface area contributed by atoms with Crippen molar-refractivity contribution in [3.63, 3.8) is 0 Å². The minimum absolute atomic E-state index is 0.148. The number of carbonyl (C=O) groups excluding carboxylic acids is 1. The monoisotopic (exact) mass is 299 g/mol. The third-order valence-corrected chi connectivity index (χ3v) is 3.45. The van der Waals surface area contributed by atoms with Gasteiger partial charge in [0.05, 0.1) is 12.7 Å². The zero-order chi connectivity index (χ0) is 16.2. The molecule has 0 aliphatic heterocycles. The Bertz CT molecular complexity index is 642. The van der Waals surface area contributed by atoms with E-state index >= 15 is 0 Å². The molecule has 4 heteroatoms. The van der Waals surface area contributed by atoms with Crippen molar-refractivity contribution in [3.8, 4) is 5.75 Å². The van der Waals surface area contributed by atoms with Crippen LogP contribution in [0.1, 0.15) is 35.3 Å². The first-order valence-corrected chi connectivity index (χ1v) is 7.14. The first-order chi connectivity index (χ1) is 10.4. The van der Waals surface area contributed by atoms with Gasteiger partial charge >= 0.3 is 0 Å². The van der Waals surface area contributed by atoms with Crippen LogP contribution < -0.4 is 10.1 Å². The van der Waals surface area contributed by atoms with Crippen molar-refractivity contribution in [3.05, 3.63) is 65.2 Å². The van der Waals surface area contributed by atoms with Crippen LogP contribution in [-0.2, 0) is 12.1 Å². The summed E-state index contributed by atoms with van der Waals surface area (Å²) >= 11 is 0. The number of nitrogens with one attached hydrogen (secondary N) is 1. The average Bonchev–Trinajstić information content (AvgIpc) is 2.52. The molecule has 22 heavy (non-hydrogen) atoms. The van der Waals surface area contributed by atoms with Crippen molar-refractivity contribution in [2.24, 2.45) is 0 Å². The fourth-order valence-corrected chi connectivity index (χ4v) is 2.08. The van der Waals surface area contributed by atoms with Gasteiger partial charge in [0.15, 0.2) is 0 Å². The molecule has 0 atom stereocenters. The Morgan fingerprint density at radius 1 is 1.18 bits per heavy atom. The zero-order valence-electron chi connectivity index (χ0n) is 13.1. The lowest BCUT2D eigenvalue weighted by Gasteiger charge is -2.18. The summed E-state index contributed by atoms with van der Waals surface area (Å²) < 4.78 is 5.11. The molecule has 2 rings (SSSR count). The first kappa shape index (κ1) is 16.0. The number of hydrogen-bond acceptors (Lipinski definition) is 3. The van der Waals surface area contributed by atoms with Crippen LogP contribution in [0.3, 0.4) is 0 Å². The summed E-state index contributed by atoms with van der Waals surface area (Å²) in [6.07, 6.45) is 0. The summed E-state index contributed by atoms with van der Waals surface area (Å²) in [6, 6.07) is 14.6. The predicted molar refractivity (Wildman–Crippen MR) is 85.9 cm³/mol. The summed E-state index contributed by atoms with van der Waals surface area (Å²) in [7, 11) is 1.57. The molecular formula is C18H21NO3. The molecular weight excluding hydrogens is 278 g/mol. The minimum atomic E-state index is -0.859. The molecule has 1 amide bonds. The van der Waals surface area contributed by atoms with Gasteiger partial charge in [0, 0.05) is 12.1 Å². The Balaban J connectivity index is 1.99. The second kappa shape index (κ2) is 6.62. The Morgan fingerprint density at radius 2 is 1.86 bits per heavy atom. The second-order valence-corrected chi connectivity index (χ2v) is 5.67. The van der Waals surface area contributed by atoms with Crippen molar-refractivity contribution in [2.45, 2.75) is 26.0 Å². The van der Waals surface area contributed by atoms with Gasteiger partial charge in [-0.25, -0.2) is 0 Å². The van der Waals surface area contributed by atoms with Crippen LogP contribution >= 0.6 is 0 Å². The smallest absolute Gasteiger partial charge is 0.251 e. The normalized spacial score (nSPS) is 11.1. The van der Waals surface area contributed by atoms with Crippen molar-refractivity contribution in [2.75, 3.05) is 7.11 Å². The topological polar surface area (TPSA) is 58.6 Å². The zero-order valence-corrected chi connectivity index (χ0v) is 13.1. The van der Waals surface area contributed by atoms with Crippen LogP contribution in [0.5, 0.6) is 5.75 Å². The van der Waals surface area contributed by atoms with E-state index in [1.54, 1.807) is 45.2 Å². The van der Waals surface area contributed by atoms with E-state index in [4.69, 9.17) is 4.74 Å². The molecule has 0 fully saturated rings. The highest BCUT2D eigenvalue weighted by Gasteiger charge is 2.15. The van der Waals surface area contributed by atoms with Crippen LogP contribution in [0.15, 0.2) is 48.5 Å². The minimum Gasteiger partial charge on any atom is -0.497 e. The number of hydrogen-bond donors (Lipinski definition) is 2. The number of aliphatic hydroxyl groups is 1. The fraction of sp³-hybridized carbons (Fsp3) is 0.278. The quantitative estimate of drug-likeness (QED) is 0.892. The first-order valence-electron chi connectivity index (χ1n) is 7.14. The van der Waals surface area contributed by atoms with Crippen molar-refractivity contribution in [1.29, 1.82) is 0 Å². The van der Waals surface area contributed by atoms with E-state index in [1.807, 2.05) is 24.3 Å². The maximum absolute atomic E-state index is 12.1. The van der Waals surface area contributed by atoms with E-state index in [9.17, 15) is 9.90 Å². The molecule has 0 aromatic heterocycles. The Morgan fingerprint density at radius 3 is 2.45 bits per heavy atom. The van der Waals surface area contributed by atoms with Gasteiger partial charge in [-0.15, -0.1) is 0 Å². The molecule has 2 aromatic carbocycles. The van der Waals surface area contributed by atoms with Gasteiger partial charge in [0.25, 0.3) is 5.91 Å². The molecule has 0 saturated heterocycles. The van der Waals surface area contributed by atoms with Gasteiger partial charge < -0.3 is 15.2 Å². The summed E-state index contributed by atoms with van der Waals surface area (Å²) in [5.41, 5.74) is 1.52. The van der Waals surface area contributed by atoms with E-state index in [0.29, 0.717) is 17.9 Å². The van der Waals surface area contributed by atoms with Crippen molar-refractivity contribution < 1.29 is 14.6 Å². The van der Waals surface area contributed by atoms with Crippen molar-refractivity contribution >= 4 is 5.91 Å². The highest BCUT2D eigenvalue weighted by molar-refractivity contribution is 5.94. The SMILES string of the molecule is COc1cccc(C(=O)NCc2ccc(C(C)(C)O)cc2)c1. The van der Waals surface area contributed by atoms with Crippen molar-refractivity contribution in [1.82, 2.24) is 5.32 Å². The summed E-state index contributed by atoms with van der Waals surface area (Å²) in [6.45, 7) is 3.92. The van der Waals surface area contributed by atoms with E-state index in [0.717, 1.165) is 11.1 Å². The number of carbonyl (C=O) groups is 1. The van der Waals surface area contributed by atoms with Gasteiger partial charge in [0.2, 0.25) is 0 Å². The van der Waals surface area contributed by atoms with E-state index in [2.05, 4.69) is 5.32 Å². The molecule has 0 heterocycles. The molecule has 4 nitrogen and oxygen atoms in total. The number of benzene rings is 2. The van der Waals surface area contributed by atoms with E-state index < -0.39 is 5.60 Å². The third kappa shape index (κ3) is 4.09.